The molecule has 166 valence electrons. The van der Waals surface area contributed by atoms with Crippen LogP contribution in [0.5, 0.6) is 0 Å². The lowest BCUT2D eigenvalue weighted by Crippen LogP contribution is -2.69. The summed E-state index contributed by atoms with van der Waals surface area (Å²) in [5.41, 5.74) is -5.21. The van der Waals surface area contributed by atoms with Gasteiger partial charge in [0.15, 0.2) is 16.6 Å². The minimum Gasteiger partial charge on any atom is -0.390 e. The van der Waals surface area contributed by atoms with Gasteiger partial charge in [0.25, 0.3) is 0 Å². The number of allylic oxidation sites excluding steroid dienone is 4. The second-order valence-electron chi connectivity index (χ2n) is 10.2. The lowest BCUT2D eigenvalue weighted by Gasteiger charge is -2.63. The highest BCUT2D eigenvalue weighted by atomic mass is 32.2. The topological polar surface area (TPSA) is 54.4 Å². The maximum absolute atomic E-state index is 17.0. The van der Waals surface area contributed by atoms with E-state index in [4.69, 9.17) is 0 Å². The second-order valence-corrected chi connectivity index (χ2v) is 11.1. The summed E-state index contributed by atoms with van der Waals surface area (Å²) in [4.78, 5) is 24.9. The average molecular weight is 443 g/mol. The molecular formula is C23H29F3O3S. The molecule has 0 radical (unpaired) electrons. The fourth-order valence-corrected chi connectivity index (χ4v) is 8.23. The number of alkyl halides is 3. The third-order valence-electron chi connectivity index (χ3n) is 9.41. The molecule has 30 heavy (non-hydrogen) atoms. The van der Waals surface area contributed by atoms with Gasteiger partial charge in [0.2, 0.25) is 0 Å². The summed E-state index contributed by atoms with van der Waals surface area (Å²) < 4.78 is 45.3. The number of aliphatic hydroxyl groups excluding tert-OH is 1. The highest BCUT2D eigenvalue weighted by Gasteiger charge is 2.75. The number of carbonyl (C=O) groups is 2. The molecule has 4 aliphatic rings. The predicted octanol–water partition coefficient (Wildman–Crippen LogP) is 4.74. The quantitative estimate of drug-likeness (QED) is 0.671. The molecule has 0 heterocycles. The minimum absolute atomic E-state index is 0.0334. The summed E-state index contributed by atoms with van der Waals surface area (Å²) in [6.45, 7) is 7.15. The van der Waals surface area contributed by atoms with E-state index in [-0.39, 0.29) is 41.1 Å². The molecule has 2 unspecified atom stereocenters. The van der Waals surface area contributed by atoms with Crippen LogP contribution in [0.2, 0.25) is 0 Å². The van der Waals surface area contributed by atoms with Crippen molar-refractivity contribution in [1.82, 2.24) is 0 Å². The first kappa shape index (κ1) is 22.1. The summed E-state index contributed by atoms with van der Waals surface area (Å²) in [5, 5.41) is 10.9. The third kappa shape index (κ3) is 2.39. The number of fused-ring (bicyclic) bond motifs is 5. The van der Waals surface area contributed by atoms with Crippen LogP contribution in [0, 0.1) is 34.0 Å². The van der Waals surface area contributed by atoms with Crippen molar-refractivity contribution in [3.63, 3.8) is 0 Å². The van der Waals surface area contributed by atoms with Crippen molar-refractivity contribution >= 4 is 22.7 Å². The normalized spacial score (nSPS) is 52.3. The number of aliphatic hydroxyl groups is 1. The standard InChI is InChI=1S/C23H29F3O3S/c1-12-7-14-15-9-17(25)16-8-13(27)5-6-20(16,2)23(15,26)18(28)10-21(14,3)22(12,4)19(29)30-11-24/h5-6,8,12,14-15,17-18,28H,7,9-11H2,1-4H3/t12-,14?,15?,17+,18+,20+,21+,22-,23+/m1/s1. The van der Waals surface area contributed by atoms with Crippen molar-refractivity contribution < 1.29 is 27.9 Å². The zero-order chi connectivity index (χ0) is 22.3. The molecule has 0 aromatic rings. The van der Waals surface area contributed by atoms with Gasteiger partial charge in [0.1, 0.15) is 12.2 Å². The van der Waals surface area contributed by atoms with Crippen LogP contribution in [0.3, 0.4) is 0 Å². The van der Waals surface area contributed by atoms with E-state index in [1.54, 1.807) is 13.8 Å². The van der Waals surface area contributed by atoms with Crippen LogP contribution < -0.4 is 0 Å². The first-order chi connectivity index (χ1) is 13.9. The highest BCUT2D eigenvalue weighted by Crippen LogP contribution is 2.73. The molecule has 3 fully saturated rings. The van der Waals surface area contributed by atoms with E-state index in [1.165, 1.54) is 18.2 Å². The fourth-order valence-electron chi connectivity index (χ4n) is 7.40. The summed E-state index contributed by atoms with van der Waals surface area (Å²) >= 11 is 0.621. The molecule has 0 aromatic carbocycles. The number of halogens is 3. The summed E-state index contributed by atoms with van der Waals surface area (Å²) in [5.74, 6) is -1.68. The molecule has 4 aliphatic carbocycles. The Labute approximate surface area is 179 Å². The molecule has 0 bridgehead atoms. The largest absolute Gasteiger partial charge is 0.390 e. The average Bonchev–Trinajstić information content (AvgIpc) is 2.88. The van der Waals surface area contributed by atoms with Crippen LogP contribution in [0.1, 0.15) is 47.0 Å². The molecule has 1 N–H and O–H groups in total. The van der Waals surface area contributed by atoms with Gasteiger partial charge in [0.05, 0.1) is 6.10 Å². The molecule has 9 atom stereocenters. The SMILES string of the molecule is C[C@@H]1CC2C3C[C@H](F)C4=CC(=O)C=C[C@]4(C)[C@@]3(F)[C@@H](O)C[C@]2(C)[C@@]1(C)C(=O)SCF. The molecular weight excluding hydrogens is 413 g/mol. The molecule has 0 saturated heterocycles. The van der Waals surface area contributed by atoms with Gasteiger partial charge in [-0.15, -0.1) is 0 Å². The van der Waals surface area contributed by atoms with Crippen molar-refractivity contribution in [3.8, 4) is 0 Å². The van der Waals surface area contributed by atoms with Crippen LogP contribution >= 0.6 is 11.8 Å². The first-order valence-electron chi connectivity index (χ1n) is 10.6. The van der Waals surface area contributed by atoms with E-state index in [1.807, 2.05) is 13.8 Å². The molecule has 0 amide bonds. The Balaban J connectivity index is 1.84. The van der Waals surface area contributed by atoms with Gasteiger partial charge in [-0.2, -0.15) is 0 Å². The van der Waals surface area contributed by atoms with E-state index >= 15 is 8.78 Å². The van der Waals surface area contributed by atoms with Crippen LogP contribution in [0.15, 0.2) is 23.8 Å². The van der Waals surface area contributed by atoms with Crippen molar-refractivity contribution in [2.45, 2.75) is 64.9 Å². The van der Waals surface area contributed by atoms with Gasteiger partial charge < -0.3 is 5.11 Å². The monoisotopic (exact) mass is 442 g/mol. The smallest absolute Gasteiger partial charge is 0.198 e. The van der Waals surface area contributed by atoms with E-state index in [0.717, 1.165) is 0 Å². The van der Waals surface area contributed by atoms with Gasteiger partial charge in [-0.05, 0) is 61.2 Å². The molecule has 3 nitrogen and oxygen atoms in total. The van der Waals surface area contributed by atoms with Gasteiger partial charge >= 0.3 is 0 Å². The van der Waals surface area contributed by atoms with Gasteiger partial charge in [-0.1, -0.05) is 38.6 Å². The van der Waals surface area contributed by atoms with Crippen LogP contribution in [-0.2, 0) is 9.59 Å². The lowest BCUT2D eigenvalue weighted by molar-refractivity contribution is -0.209. The Hall–Kier alpha value is -1.08. The van der Waals surface area contributed by atoms with Crippen LogP contribution in [0.4, 0.5) is 13.2 Å². The Morgan fingerprint density at radius 3 is 2.57 bits per heavy atom. The number of carbonyl (C=O) groups excluding carboxylic acids is 2. The first-order valence-corrected chi connectivity index (χ1v) is 11.6. The number of thioether (sulfide) groups is 1. The molecule has 0 aromatic heterocycles. The van der Waals surface area contributed by atoms with Gasteiger partial charge in [-0.25, -0.2) is 13.2 Å². The van der Waals surface area contributed by atoms with Crippen molar-refractivity contribution in [2.75, 3.05) is 6.01 Å². The van der Waals surface area contributed by atoms with Gasteiger partial charge in [0, 0.05) is 16.7 Å². The van der Waals surface area contributed by atoms with Crippen molar-refractivity contribution in [2.24, 2.45) is 34.0 Å². The van der Waals surface area contributed by atoms with E-state index < -0.39 is 46.1 Å². The molecule has 7 heteroatoms. The van der Waals surface area contributed by atoms with Crippen LogP contribution in [0.25, 0.3) is 0 Å². The summed E-state index contributed by atoms with van der Waals surface area (Å²) in [6, 6.07) is -0.835. The van der Waals surface area contributed by atoms with Crippen molar-refractivity contribution in [1.29, 1.82) is 0 Å². The summed E-state index contributed by atoms with van der Waals surface area (Å²) in [7, 11) is 0. The Morgan fingerprint density at radius 1 is 1.27 bits per heavy atom. The number of hydrogen-bond donors (Lipinski definition) is 1. The molecule has 0 spiro atoms. The zero-order valence-corrected chi connectivity index (χ0v) is 18.6. The number of rotatable bonds is 2. The zero-order valence-electron chi connectivity index (χ0n) is 17.8. The van der Waals surface area contributed by atoms with E-state index in [2.05, 4.69) is 0 Å². The lowest BCUT2D eigenvalue weighted by atomic mass is 9.43. The molecule has 0 aliphatic heterocycles. The third-order valence-corrected chi connectivity index (χ3v) is 10.2. The maximum atomic E-state index is 17.0. The van der Waals surface area contributed by atoms with Crippen molar-refractivity contribution in [3.05, 3.63) is 23.8 Å². The highest BCUT2D eigenvalue weighted by molar-refractivity contribution is 8.13. The number of ketones is 1. The maximum Gasteiger partial charge on any atom is 0.198 e. The van der Waals surface area contributed by atoms with E-state index in [0.29, 0.717) is 18.2 Å². The Kier molecular flexibility index (Phi) is 4.95. The fraction of sp³-hybridized carbons (Fsp3) is 0.739. The van der Waals surface area contributed by atoms with Crippen LogP contribution in [-0.4, -0.2) is 40.0 Å². The Morgan fingerprint density at radius 2 is 1.93 bits per heavy atom. The van der Waals surface area contributed by atoms with Gasteiger partial charge in [-0.3, -0.25) is 9.59 Å². The van der Waals surface area contributed by atoms with E-state index in [9.17, 15) is 19.1 Å². The summed E-state index contributed by atoms with van der Waals surface area (Å²) in [6.07, 6.45) is 1.32. The number of hydrogen-bond acceptors (Lipinski definition) is 4. The molecule has 4 rings (SSSR count). The minimum atomic E-state index is -2.15. The predicted molar refractivity (Wildman–Crippen MR) is 110 cm³/mol. The second kappa shape index (κ2) is 6.71. The Bertz CT molecular complexity index is 859. The molecule has 3 saturated carbocycles.